The van der Waals surface area contributed by atoms with Crippen molar-refractivity contribution < 1.29 is 5.11 Å². The smallest absolute Gasteiger partial charge is 0.0930 e. The Bertz CT molecular complexity index is 462. The molecule has 0 bridgehead atoms. The number of nitrogens with two attached hydrogens (primary N) is 1. The van der Waals surface area contributed by atoms with Crippen LogP contribution in [-0.2, 0) is 12.0 Å². The summed E-state index contributed by atoms with van der Waals surface area (Å²) in [5.41, 5.74) is 8.51. The Kier molecular flexibility index (Phi) is 3.30. The third-order valence-electron chi connectivity index (χ3n) is 5.47. The summed E-state index contributed by atoms with van der Waals surface area (Å²) in [4.78, 5) is 0. The van der Waals surface area contributed by atoms with E-state index in [2.05, 4.69) is 13.0 Å². The molecule has 0 spiro atoms. The Labute approximate surface area is 116 Å². The van der Waals surface area contributed by atoms with Gasteiger partial charge in [-0.3, -0.25) is 0 Å². The second-order valence-corrected chi connectivity index (χ2v) is 6.47. The molecule has 0 amide bonds. The van der Waals surface area contributed by atoms with Crippen molar-refractivity contribution in [1.82, 2.24) is 0 Å². The minimum absolute atomic E-state index is 0.445. The van der Waals surface area contributed by atoms with Crippen molar-refractivity contribution in [2.45, 2.75) is 57.5 Å². The quantitative estimate of drug-likeness (QED) is 0.797. The normalized spacial score (nSPS) is 34.2. The van der Waals surface area contributed by atoms with Gasteiger partial charge in [-0.05, 0) is 60.8 Å². The molecule has 0 saturated heterocycles. The van der Waals surface area contributed by atoms with E-state index < -0.39 is 5.60 Å². The van der Waals surface area contributed by atoms with E-state index in [1.165, 1.54) is 37.7 Å². The zero-order chi connectivity index (χ0) is 13.5. The fraction of sp³-hybridized carbons (Fsp3) is 0.647. The van der Waals surface area contributed by atoms with Gasteiger partial charge in [0.25, 0.3) is 0 Å². The van der Waals surface area contributed by atoms with Crippen LogP contribution in [0.3, 0.4) is 0 Å². The Morgan fingerprint density at radius 2 is 2.00 bits per heavy atom. The molecule has 1 fully saturated rings. The average molecular weight is 259 g/mol. The van der Waals surface area contributed by atoms with Gasteiger partial charge in [0.05, 0.1) is 5.60 Å². The highest BCUT2D eigenvalue weighted by Gasteiger charge is 2.44. The van der Waals surface area contributed by atoms with Crippen LogP contribution in [0.15, 0.2) is 18.2 Å². The van der Waals surface area contributed by atoms with Crippen LogP contribution in [0.4, 0.5) is 5.69 Å². The maximum absolute atomic E-state index is 11.2. The van der Waals surface area contributed by atoms with E-state index >= 15 is 0 Å². The summed E-state index contributed by atoms with van der Waals surface area (Å²) >= 11 is 0. The number of aryl methyl sites for hydroxylation is 1. The summed E-state index contributed by atoms with van der Waals surface area (Å²) in [5, 5.41) is 11.2. The molecule has 2 nitrogen and oxygen atoms in total. The molecule has 1 aromatic carbocycles. The van der Waals surface area contributed by atoms with Gasteiger partial charge in [-0.1, -0.05) is 32.3 Å². The van der Waals surface area contributed by atoms with E-state index in [4.69, 9.17) is 5.73 Å². The third kappa shape index (κ3) is 2.16. The van der Waals surface area contributed by atoms with E-state index in [0.717, 1.165) is 30.0 Å². The summed E-state index contributed by atoms with van der Waals surface area (Å²) in [5.74, 6) is 1.33. The molecule has 1 aromatic rings. The first-order chi connectivity index (χ1) is 9.13. The van der Waals surface area contributed by atoms with Crippen LogP contribution < -0.4 is 5.73 Å². The fourth-order valence-electron chi connectivity index (χ4n) is 4.18. The predicted molar refractivity (Wildman–Crippen MR) is 78.8 cm³/mol. The topological polar surface area (TPSA) is 46.2 Å². The van der Waals surface area contributed by atoms with E-state index in [-0.39, 0.29) is 0 Å². The number of rotatable bonds is 2. The van der Waals surface area contributed by atoms with Gasteiger partial charge in [0.2, 0.25) is 0 Å². The number of anilines is 1. The van der Waals surface area contributed by atoms with Crippen LogP contribution in [0, 0.1) is 11.8 Å². The largest absolute Gasteiger partial charge is 0.399 e. The van der Waals surface area contributed by atoms with Crippen LogP contribution in [0.1, 0.15) is 56.6 Å². The first kappa shape index (κ1) is 13.0. The maximum atomic E-state index is 11.2. The fourth-order valence-corrected chi connectivity index (χ4v) is 4.18. The molecule has 2 aliphatic carbocycles. The number of hydrogen-bond donors (Lipinski definition) is 2. The summed E-state index contributed by atoms with van der Waals surface area (Å²) in [6.45, 7) is 2.29. The number of hydrogen-bond acceptors (Lipinski definition) is 2. The van der Waals surface area contributed by atoms with Gasteiger partial charge in [0.1, 0.15) is 0 Å². The summed E-state index contributed by atoms with van der Waals surface area (Å²) in [6, 6.07) is 6.04. The molecule has 3 rings (SSSR count). The molecule has 3 N–H and O–H groups in total. The lowest BCUT2D eigenvalue weighted by atomic mass is 9.71. The van der Waals surface area contributed by atoms with E-state index in [9.17, 15) is 5.11 Å². The lowest BCUT2D eigenvalue weighted by Crippen LogP contribution is -2.35. The van der Waals surface area contributed by atoms with E-state index in [1.807, 2.05) is 12.1 Å². The molecule has 0 radical (unpaired) electrons. The number of nitrogen functional groups attached to an aromatic ring is 1. The standard InChI is InChI=1S/C17H25NO/c1-2-12-3-5-14(6-4-12)17(19)10-9-13-11-15(18)7-8-16(13)17/h7-8,11-12,14,19H,2-6,9-10,18H2,1H3. The zero-order valence-electron chi connectivity index (χ0n) is 11.9. The Balaban J connectivity index is 1.82. The second kappa shape index (κ2) is 4.82. The van der Waals surface area contributed by atoms with Crippen molar-refractivity contribution in [2.24, 2.45) is 11.8 Å². The second-order valence-electron chi connectivity index (χ2n) is 6.47. The van der Waals surface area contributed by atoms with E-state index in [1.54, 1.807) is 0 Å². The number of benzene rings is 1. The molecular weight excluding hydrogens is 234 g/mol. The van der Waals surface area contributed by atoms with Gasteiger partial charge >= 0.3 is 0 Å². The summed E-state index contributed by atoms with van der Waals surface area (Å²) in [6.07, 6.45) is 8.08. The van der Waals surface area contributed by atoms with Crippen LogP contribution in [-0.4, -0.2) is 5.11 Å². The number of fused-ring (bicyclic) bond motifs is 1. The molecule has 2 aliphatic rings. The molecular formula is C17H25NO. The highest BCUT2D eigenvalue weighted by atomic mass is 16.3. The Morgan fingerprint density at radius 1 is 1.26 bits per heavy atom. The van der Waals surface area contributed by atoms with Crippen molar-refractivity contribution >= 4 is 5.69 Å². The van der Waals surface area contributed by atoms with Gasteiger partial charge in [-0.25, -0.2) is 0 Å². The van der Waals surface area contributed by atoms with Gasteiger partial charge in [-0.2, -0.15) is 0 Å². The van der Waals surface area contributed by atoms with Crippen LogP contribution in [0.25, 0.3) is 0 Å². The van der Waals surface area contributed by atoms with Crippen molar-refractivity contribution in [3.8, 4) is 0 Å². The van der Waals surface area contributed by atoms with Gasteiger partial charge in [0.15, 0.2) is 0 Å². The first-order valence-electron chi connectivity index (χ1n) is 7.74. The first-order valence-corrected chi connectivity index (χ1v) is 7.74. The van der Waals surface area contributed by atoms with Crippen LogP contribution in [0.2, 0.25) is 0 Å². The molecule has 0 aliphatic heterocycles. The van der Waals surface area contributed by atoms with Crippen molar-refractivity contribution in [2.75, 3.05) is 5.73 Å². The number of aliphatic hydroxyl groups is 1. The molecule has 1 saturated carbocycles. The molecule has 19 heavy (non-hydrogen) atoms. The zero-order valence-corrected chi connectivity index (χ0v) is 11.9. The highest BCUT2D eigenvalue weighted by molar-refractivity contribution is 5.49. The third-order valence-corrected chi connectivity index (χ3v) is 5.47. The van der Waals surface area contributed by atoms with E-state index in [0.29, 0.717) is 5.92 Å². The minimum Gasteiger partial charge on any atom is -0.399 e. The predicted octanol–water partition coefficient (Wildman–Crippen LogP) is 3.62. The average Bonchev–Trinajstić information content (AvgIpc) is 2.77. The Hall–Kier alpha value is -1.02. The van der Waals surface area contributed by atoms with Crippen molar-refractivity contribution in [3.05, 3.63) is 29.3 Å². The molecule has 2 heteroatoms. The molecule has 0 heterocycles. The highest BCUT2D eigenvalue weighted by Crippen LogP contribution is 2.48. The lowest BCUT2D eigenvalue weighted by Gasteiger charge is -2.38. The lowest BCUT2D eigenvalue weighted by molar-refractivity contribution is -0.0424. The SMILES string of the molecule is CCC1CCC(C2(O)CCc3cc(N)ccc32)CC1. The van der Waals surface area contributed by atoms with Gasteiger partial charge in [0, 0.05) is 5.69 Å². The molecule has 0 aromatic heterocycles. The van der Waals surface area contributed by atoms with Crippen LogP contribution in [0.5, 0.6) is 0 Å². The van der Waals surface area contributed by atoms with Crippen LogP contribution >= 0.6 is 0 Å². The Morgan fingerprint density at radius 3 is 2.68 bits per heavy atom. The minimum atomic E-state index is -0.582. The van der Waals surface area contributed by atoms with Crippen molar-refractivity contribution in [3.63, 3.8) is 0 Å². The van der Waals surface area contributed by atoms with Gasteiger partial charge in [-0.15, -0.1) is 0 Å². The monoisotopic (exact) mass is 259 g/mol. The maximum Gasteiger partial charge on any atom is 0.0930 e. The summed E-state index contributed by atoms with van der Waals surface area (Å²) < 4.78 is 0. The summed E-state index contributed by atoms with van der Waals surface area (Å²) in [7, 11) is 0. The van der Waals surface area contributed by atoms with Gasteiger partial charge < -0.3 is 10.8 Å². The molecule has 104 valence electrons. The molecule has 1 atom stereocenters. The van der Waals surface area contributed by atoms with Crippen molar-refractivity contribution in [1.29, 1.82) is 0 Å². The molecule has 1 unspecified atom stereocenters.